The Morgan fingerprint density at radius 1 is 0.762 bits per heavy atom. The van der Waals surface area contributed by atoms with E-state index in [1.165, 1.54) is 0 Å². The van der Waals surface area contributed by atoms with Crippen molar-refractivity contribution >= 4 is 54.1 Å². The fourth-order valence-electron chi connectivity index (χ4n) is 5.74. The molecule has 0 atom stereocenters. The Morgan fingerprint density at radius 2 is 1.38 bits per heavy atom. The number of carbonyl (C=O) groups is 2. The minimum Gasteiger partial charge on any atom is -0.481 e. The molecule has 0 amide bonds. The average Bonchev–Trinajstić information content (AvgIpc) is 3.59. The maximum atomic E-state index is 11.5. The number of carboxylic acid groups (broad SMARTS) is 2. The fourth-order valence-corrected chi connectivity index (χ4v) is 5.74. The number of H-pyrrole nitrogens is 3. The molecule has 0 fully saturated rings. The number of aliphatic imine (C=N–C) groups is 1. The summed E-state index contributed by atoms with van der Waals surface area (Å²) in [6, 6.07) is 0. The number of hydrogen-bond donors (Lipinski definition) is 5. The Morgan fingerprint density at radius 3 is 2.05 bits per heavy atom. The quantitative estimate of drug-likeness (QED) is 0.288. The molecule has 0 aromatic carbocycles. The van der Waals surface area contributed by atoms with E-state index in [4.69, 9.17) is 4.99 Å². The van der Waals surface area contributed by atoms with Gasteiger partial charge in [-0.05, 0) is 91.3 Å². The van der Waals surface area contributed by atoms with Crippen LogP contribution in [0, 0.1) is 20.8 Å². The van der Waals surface area contributed by atoms with Crippen LogP contribution in [0.4, 0.5) is 0 Å². The van der Waals surface area contributed by atoms with Crippen LogP contribution in [0.1, 0.15) is 64.0 Å². The summed E-state index contributed by atoms with van der Waals surface area (Å²) in [7, 11) is 0. The largest absolute Gasteiger partial charge is 0.481 e. The first-order valence-electron chi connectivity index (χ1n) is 13.8. The summed E-state index contributed by atoms with van der Waals surface area (Å²) in [6.45, 7) is 18.4. The van der Waals surface area contributed by atoms with Gasteiger partial charge in [0, 0.05) is 56.8 Å². The second kappa shape index (κ2) is 11.0. The lowest BCUT2D eigenvalue weighted by atomic mass is 9.98. The number of hydrogen-bond acceptors (Lipinski definition) is 3. The van der Waals surface area contributed by atoms with Gasteiger partial charge in [0.1, 0.15) is 0 Å². The topological polar surface area (TPSA) is 134 Å². The van der Waals surface area contributed by atoms with Gasteiger partial charge in [-0.25, -0.2) is 4.99 Å². The summed E-state index contributed by atoms with van der Waals surface area (Å²) in [6.07, 6.45) is 12.0. The van der Waals surface area contributed by atoms with Gasteiger partial charge in [-0.15, -0.1) is 0 Å². The second-order valence-electron chi connectivity index (χ2n) is 10.7. The predicted molar refractivity (Wildman–Crippen MR) is 168 cm³/mol. The van der Waals surface area contributed by atoms with Crippen molar-refractivity contribution in [3.63, 3.8) is 0 Å². The molecule has 2 aliphatic rings. The first-order chi connectivity index (χ1) is 20.0. The third kappa shape index (κ3) is 5.07. The van der Waals surface area contributed by atoms with Gasteiger partial charge in [-0.3, -0.25) is 9.59 Å². The molecule has 3 aromatic heterocycles. The van der Waals surface area contributed by atoms with Crippen LogP contribution in [0.15, 0.2) is 41.6 Å². The molecule has 5 rings (SSSR count). The first-order valence-corrected chi connectivity index (χ1v) is 13.8. The van der Waals surface area contributed by atoms with E-state index in [9.17, 15) is 19.8 Å². The lowest BCUT2D eigenvalue weighted by molar-refractivity contribution is -0.138. The number of aliphatic carboxylic acids is 2. The van der Waals surface area contributed by atoms with Crippen molar-refractivity contribution in [1.29, 1.82) is 0 Å². The van der Waals surface area contributed by atoms with E-state index < -0.39 is 11.9 Å². The number of carboxylic acids is 2. The highest BCUT2D eigenvalue weighted by Crippen LogP contribution is 2.30. The van der Waals surface area contributed by atoms with E-state index in [1.807, 2.05) is 45.1 Å². The molecule has 0 saturated carbocycles. The second-order valence-corrected chi connectivity index (χ2v) is 10.7. The summed E-state index contributed by atoms with van der Waals surface area (Å²) < 4.78 is 0. The number of aromatic amines is 3. The van der Waals surface area contributed by atoms with Crippen molar-refractivity contribution < 1.29 is 19.8 Å². The molecule has 0 unspecified atom stereocenters. The van der Waals surface area contributed by atoms with Gasteiger partial charge in [0.2, 0.25) is 0 Å². The van der Waals surface area contributed by atoms with Crippen LogP contribution in [0.25, 0.3) is 36.5 Å². The van der Waals surface area contributed by atoms with Gasteiger partial charge in [0.25, 0.3) is 0 Å². The van der Waals surface area contributed by atoms with E-state index in [0.717, 1.165) is 71.7 Å². The van der Waals surface area contributed by atoms with Crippen molar-refractivity contribution in [2.24, 2.45) is 4.99 Å². The lowest BCUT2D eigenvalue weighted by Crippen LogP contribution is -2.14. The fraction of sp³-hybridized carbons (Fsp3) is 0.206. The summed E-state index contributed by atoms with van der Waals surface area (Å²) in [5.41, 5.74) is 10.2. The molecule has 5 N–H and O–H groups in total. The molecule has 214 valence electrons. The van der Waals surface area contributed by atoms with Gasteiger partial charge in [0.05, 0.1) is 11.4 Å². The molecule has 8 nitrogen and oxygen atoms in total. The highest BCUT2D eigenvalue weighted by Gasteiger charge is 2.22. The van der Waals surface area contributed by atoms with Gasteiger partial charge in [-0.2, -0.15) is 0 Å². The summed E-state index contributed by atoms with van der Waals surface area (Å²) in [5, 5.41) is 22.2. The third-order valence-electron chi connectivity index (χ3n) is 8.14. The van der Waals surface area contributed by atoms with E-state index in [-0.39, 0.29) is 19.3 Å². The summed E-state index contributed by atoms with van der Waals surface area (Å²) in [4.78, 5) is 38.5. The standard InChI is InChI=1S/C34H34N4O4/c1-7-21-17(3)25-13-26-19(5)23(9-11-33(39)40)31(37-26)16-32-24(10-12-34(41)42)20(6)28(38-32)15-30-22(8-2)18(4)27(36-30)14-29(21)35-25/h7-8,13-16,35-37H,1-2,6,9-12H2,3-5H3,(H,39,40)(H,41,42)/b26-13-,27-14-,30-15-,31-16-. The van der Waals surface area contributed by atoms with Gasteiger partial charge < -0.3 is 25.2 Å². The van der Waals surface area contributed by atoms with Crippen LogP contribution in [-0.2, 0) is 16.0 Å². The zero-order valence-electron chi connectivity index (χ0n) is 24.1. The molecule has 8 heteroatoms. The van der Waals surface area contributed by atoms with Crippen LogP contribution in [-0.4, -0.2) is 42.8 Å². The van der Waals surface area contributed by atoms with Crippen molar-refractivity contribution in [2.45, 2.75) is 46.5 Å². The SMILES string of the molecule is C=Cc1c2[nH]c(c1C)/C=c1\[nH]/c(c(CCC(=O)O)c1C)=C\C1=C(CCC(=O)O)C(=C)C(=N1)/C=c1\[nH]/c(c(C)c1C=C)=C\2. The molecule has 42 heavy (non-hydrogen) atoms. The monoisotopic (exact) mass is 562 g/mol. The lowest BCUT2D eigenvalue weighted by Gasteiger charge is -2.04. The minimum atomic E-state index is -0.909. The number of fused-ring (bicyclic) bond motifs is 7. The van der Waals surface area contributed by atoms with Crippen LogP contribution >= 0.6 is 0 Å². The Balaban J connectivity index is 1.90. The van der Waals surface area contributed by atoms with Crippen LogP contribution in [0.5, 0.6) is 0 Å². The van der Waals surface area contributed by atoms with Crippen LogP contribution in [0.2, 0.25) is 0 Å². The molecule has 3 aromatic rings. The molecular formula is C34H34N4O4. The zero-order chi connectivity index (χ0) is 30.3. The molecule has 2 aliphatic heterocycles. The summed E-state index contributed by atoms with van der Waals surface area (Å²) in [5.74, 6) is -1.79. The van der Waals surface area contributed by atoms with Crippen molar-refractivity contribution in [2.75, 3.05) is 0 Å². The average molecular weight is 563 g/mol. The van der Waals surface area contributed by atoms with Crippen molar-refractivity contribution in [3.05, 3.63) is 103 Å². The smallest absolute Gasteiger partial charge is 0.303 e. The molecule has 5 heterocycles. The van der Waals surface area contributed by atoms with E-state index >= 15 is 0 Å². The van der Waals surface area contributed by atoms with E-state index in [0.29, 0.717) is 23.4 Å². The van der Waals surface area contributed by atoms with Crippen LogP contribution in [0.3, 0.4) is 0 Å². The summed E-state index contributed by atoms with van der Waals surface area (Å²) >= 11 is 0. The maximum absolute atomic E-state index is 11.5. The van der Waals surface area contributed by atoms with Crippen LogP contribution < -0.4 is 21.4 Å². The minimum absolute atomic E-state index is 0.0290. The van der Waals surface area contributed by atoms with Crippen molar-refractivity contribution in [1.82, 2.24) is 15.0 Å². The molecule has 8 bridgehead atoms. The molecule has 0 aliphatic carbocycles. The van der Waals surface area contributed by atoms with E-state index in [2.05, 4.69) is 40.8 Å². The van der Waals surface area contributed by atoms with E-state index in [1.54, 1.807) is 6.08 Å². The molecule has 0 radical (unpaired) electrons. The van der Waals surface area contributed by atoms with Gasteiger partial charge in [-0.1, -0.05) is 31.9 Å². The van der Waals surface area contributed by atoms with Gasteiger partial charge >= 0.3 is 11.9 Å². The number of aromatic nitrogens is 3. The predicted octanol–water partition coefficient (Wildman–Crippen LogP) is 3.26. The highest BCUT2D eigenvalue weighted by molar-refractivity contribution is 6.25. The zero-order valence-corrected chi connectivity index (χ0v) is 24.1. The Bertz CT molecular complexity index is 2020. The molecule has 0 saturated heterocycles. The molecule has 0 spiro atoms. The number of rotatable bonds is 8. The Labute approximate surface area is 242 Å². The Kier molecular flexibility index (Phi) is 7.47. The molecular weight excluding hydrogens is 528 g/mol. The Hall–Kier alpha value is -5.11. The highest BCUT2D eigenvalue weighted by atomic mass is 16.4. The first kappa shape index (κ1) is 28.4. The third-order valence-corrected chi connectivity index (χ3v) is 8.14. The van der Waals surface area contributed by atoms with Crippen molar-refractivity contribution in [3.8, 4) is 0 Å². The van der Waals surface area contributed by atoms with Gasteiger partial charge in [0.15, 0.2) is 0 Å². The maximum Gasteiger partial charge on any atom is 0.303 e. The number of nitrogens with zero attached hydrogens (tertiary/aromatic N) is 1. The normalized spacial score (nSPS) is 17.2. The number of allylic oxidation sites excluding steroid dienone is 3. The number of nitrogens with one attached hydrogen (secondary N) is 3.